The predicted octanol–water partition coefficient (Wildman–Crippen LogP) is 0.568. The largest absolute Gasteiger partial charge is 0.388 e. The first-order valence-corrected chi connectivity index (χ1v) is 9.30. The van der Waals surface area contributed by atoms with E-state index in [4.69, 9.17) is 21.9 Å². The maximum Gasteiger partial charge on any atom is 0.329 e. The number of anilines is 1. The lowest BCUT2D eigenvalue weighted by Crippen LogP contribution is -2.33. The summed E-state index contributed by atoms with van der Waals surface area (Å²) < 4.78 is 18.8. The number of fused-ring (bicyclic) bond motifs is 1. The SMILES string of the molecule is Nc1nc(Cl)nc2c1ncn2[C@H]1[C@H](O)[C@@H]2OP(=O)(O)CC23C[C@H]13. The molecule has 2 aromatic heterocycles. The quantitative estimate of drug-likeness (QED) is 0.497. The van der Waals surface area contributed by atoms with Gasteiger partial charge in [0, 0.05) is 5.41 Å². The van der Waals surface area contributed by atoms with Crippen LogP contribution in [0.3, 0.4) is 0 Å². The highest BCUT2D eigenvalue weighted by Gasteiger charge is 2.77. The standard InChI is InChI=1S/C12H13ClN5O4P/c13-11-16-9(14)5-10(17-11)18(3-15-5)6-4-1-12(4)2-23(20,21)22-8(12)7(6)19/h3-4,6-8,19H,1-2H2,(H,20,21)(H2,14,16,17)/t4-,6-,7+,8+,12?/m1/s1. The van der Waals surface area contributed by atoms with E-state index >= 15 is 0 Å². The van der Waals surface area contributed by atoms with Crippen molar-refractivity contribution in [2.75, 3.05) is 11.9 Å². The summed E-state index contributed by atoms with van der Waals surface area (Å²) in [4.78, 5) is 22.0. The Labute approximate surface area is 135 Å². The maximum atomic E-state index is 11.8. The fourth-order valence-corrected chi connectivity index (χ4v) is 6.63. The van der Waals surface area contributed by atoms with E-state index in [2.05, 4.69) is 15.0 Å². The third kappa shape index (κ3) is 1.69. The molecule has 2 aliphatic carbocycles. The number of nitrogens with two attached hydrogens (primary N) is 1. The summed E-state index contributed by atoms with van der Waals surface area (Å²) in [7, 11) is -3.60. The molecule has 11 heteroatoms. The Balaban J connectivity index is 1.62. The zero-order valence-corrected chi connectivity index (χ0v) is 13.4. The second-order valence-electron chi connectivity index (χ2n) is 6.55. The van der Waals surface area contributed by atoms with Crippen LogP contribution >= 0.6 is 19.2 Å². The molecular weight excluding hydrogens is 345 g/mol. The number of nitrogens with zero attached hydrogens (tertiary/aromatic N) is 4. The van der Waals surface area contributed by atoms with E-state index in [1.807, 2.05) is 0 Å². The highest BCUT2D eigenvalue weighted by Crippen LogP contribution is 2.78. The molecule has 4 N–H and O–H groups in total. The van der Waals surface area contributed by atoms with Crippen LogP contribution < -0.4 is 5.73 Å². The maximum absolute atomic E-state index is 11.8. The van der Waals surface area contributed by atoms with E-state index < -0.39 is 25.2 Å². The Bertz CT molecular complexity index is 903. The summed E-state index contributed by atoms with van der Waals surface area (Å²) in [5.41, 5.74) is 6.25. The molecule has 1 aliphatic heterocycles. The zero-order chi connectivity index (χ0) is 16.1. The Morgan fingerprint density at radius 2 is 2.30 bits per heavy atom. The first kappa shape index (κ1) is 14.1. The molecule has 3 aliphatic rings. The monoisotopic (exact) mass is 357 g/mol. The number of aliphatic hydroxyl groups is 1. The van der Waals surface area contributed by atoms with Gasteiger partial charge in [-0.3, -0.25) is 4.57 Å². The van der Waals surface area contributed by atoms with E-state index in [0.717, 1.165) is 6.42 Å². The van der Waals surface area contributed by atoms with Crippen LogP contribution in [0.15, 0.2) is 6.33 Å². The smallest absolute Gasteiger partial charge is 0.329 e. The van der Waals surface area contributed by atoms with Gasteiger partial charge in [-0.2, -0.15) is 9.97 Å². The van der Waals surface area contributed by atoms with Crippen molar-refractivity contribution in [2.24, 2.45) is 11.3 Å². The van der Waals surface area contributed by atoms with E-state index in [9.17, 15) is 14.6 Å². The van der Waals surface area contributed by atoms with Crippen LogP contribution in [0, 0.1) is 11.3 Å². The van der Waals surface area contributed by atoms with Crippen LogP contribution in [-0.2, 0) is 9.09 Å². The minimum atomic E-state index is -3.60. The van der Waals surface area contributed by atoms with Gasteiger partial charge in [0.05, 0.1) is 18.5 Å². The highest BCUT2D eigenvalue weighted by atomic mass is 35.5. The molecule has 0 aromatic carbocycles. The summed E-state index contributed by atoms with van der Waals surface area (Å²) in [6.45, 7) is 0. The Kier molecular flexibility index (Phi) is 2.48. The molecule has 23 heavy (non-hydrogen) atoms. The van der Waals surface area contributed by atoms with E-state index in [1.165, 1.54) is 0 Å². The van der Waals surface area contributed by atoms with Crippen molar-refractivity contribution in [1.82, 2.24) is 19.5 Å². The summed E-state index contributed by atoms with van der Waals surface area (Å²) in [5, 5.41) is 10.6. The first-order chi connectivity index (χ1) is 10.8. The fraction of sp³-hybridized carbons (Fsp3) is 0.583. The Morgan fingerprint density at radius 3 is 3.04 bits per heavy atom. The van der Waals surface area contributed by atoms with Gasteiger partial charge < -0.3 is 24.8 Å². The topological polar surface area (TPSA) is 136 Å². The third-order valence-electron chi connectivity index (χ3n) is 5.33. The number of aliphatic hydroxyl groups excluding tert-OH is 1. The molecule has 5 rings (SSSR count). The molecule has 2 saturated carbocycles. The van der Waals surface area contributed by atoms with Gasteiger partial charge in [-0.05, 0) is 23.9 Å². The molecule has 6 atom stereocenters. The minimum Gasteiger partial charge on any atom is -0.388 e. The van der Waals surface area contributed by atoms with Gasteiger partial charge in [0.1, 0.15) is 17.7 Å². The molecule has 2 aromatic rings. The van der Waals surface area contributed by atoms with Gasteiger partial charge in [0.2, 0.25) is 5.28 Å². The van der Waals surface area contributed by atoms with Crippen LogP contribution in [0.2, 0.25) is 5.28 Å². The van der Waals surface area contributed by atoms with Crippen molar-refractivity contribution in [3.8, 4) is 0 Å². The van der Waals surface area contributed by atoms with Crippen LogP contribution in [-0.4, -0.2) is 47.9 Å². The molecule has 2 unspecified atom stereocenters. The summed E-state index contributed by atoms with van der Waals surface area (Å²) >= 11 is 5.87. The number of halogens is 1. The molecule has 122 valence electrons. The lowest BCUT2D eigenvalue weighted by molar-refractivity contribution is 0.0136. The number of nitrogen functional groups attached to an aromatic ring is 1. The lowest BCUT2D eigenvalue weighted by atomic mass is 10.0. The van der Waals surface area contributed by atoms with Crippen molar-refractivity contribution in [2.45, 2.75) is 24.7 Å². The van der Waals surface area contributed by atoms with Gasteiger partial charge in [-0.15, -0.1) is 0 Å². The second-order valence-corrected chi connectivity index (χ2v) is 8.69. The van der Waals surface area contributed by atoms with Crippen LogP contribution in [0.1, 0.15) is 12.5 Å². The average Bonchev–Trinajstić information content (AvgIpc) is 2.74. The van der Waals surface area contributed by atoms with Crippen molar-refractivity contribution in [3.05, 3.63) is 11.6 Å². The number of rotatable bonds is 1. The van der Waals surface area contributed by atoms with Crippen LogP contribution in [0.25, 0.3) is 11.2 Å². The molecule has 3 heterocycles. The summed E-state index contributed by atoms with van der Waals surface area (Å²) in [5.74, 6) is 0.214. The first-order valence-electron chi connectivity index (χ1n) is 7.16. The normalized spacial score (nSPS) is 44.5. The van der Waals surface area contributed by atoms with Gasteiger partial charge in [-0.25, -0.2) is 4.98 Å². The number of aromatic nitrogens is 4. The van der Waals surface area contributed by atoms with Crippen molar-refractivity contribution >= 4 is 36.2 Å². The Morgan fingerprint density at radius 1 is 1.52 bits per heavy atom. The van der Waals surface area contributed by atoms with Crippen molar-refractivity contribution < 1.29 is 19.1 Å². The van der Waals surface area contributed by atoms with Gasteiger partial charge in [0.15, 0.2) is 11.5 Å². The second kappa shape index (κ2) is 4.04. The molecule has 0 amide bonds. The number of imidazole rings is 1. The van der Waals surface area contributed by atoms with Crippen molar-refractivity contribution in [3.63, 3.8) is 0 Å². The van der Waals surface area contributed by atoms with E-state index in [0.29, 0.717) is 11.2 Å². The highest BCUT2D eigenvalue weighted by molar-refractivity contribution is 7.53. The average molecular weight is 358 g/mol. The van der Waals surface area contributed by atoms with Gasteiger partial charge in [-0.1, -0.05) is 0 Å². The molecule has 1 saturated heterocycles. The van der Waals surface area contributed by atoms with Crippen molar-refractivity contribution in [1.29, 1.82) is 0 Å². The molecule has 3 fully saturated rings. The van der Waals surface area contributed by atoms with Gasteiger partial charge >= 0.3 is 7.60 Å². The number of hydrogen-bond acceptors (Lipinski definition) is 7. The fourth-order valence-electron chi connectivity index (χ4n) is 4.41. The molecular formula is C12H13ClN5O4P. The third-order valence-corrected chi connectivity index (χ3v) is 7.05. The summed E-state index contributed by atoms with van der Waals surface area (Å²) in [6.07, 6.45) is 0.821. The minimum absolute atomic E-state index is 0.00560. The van der Waals surface area contributed by atoms with Crippen LogP contribution in [0.5, 0.6) is 0 Å². The molecule has 0 bridgehead atoms. The molecule has 0 radical (unpaired) electrons. The molecule has 9 nitrogen and oxygen atoms in total. The lowest BCUT2D eigenvalue weighted by Gasteiger charge is -2.24. The zero-order valence-electron chi connectivity index (χ0n) is 11.7. The Hall–Kier alpha value is -1.25. The summed E-state index contributed by atoms with van der Waals surface area (Å²) in [6, 6.07) is -0.337. The van der Waals surface area contributed by atoms with Gasteiger partial charge in [0.25, 0.3) is 0 Å². The van der Waals surface area contributed by atoms with E-state index in [-0.39, 0.29) is 29.2 Å². The molecule has 1 spiro atoms. The number of hydrogen-bond donors (Lipinski definition) is 3. The predicted molar refractivity (Wildman–Crippen MR) is 79.9 cm³/mol. The van der Waals surface area contributed by atoms with E-state index in [1.54, 1.807) is 10.9 Å². The van der Waals surface area contributed by atoms with Crippen LogP contribution in [0.4, 0.5) is 5.82 Å².